The largest absolute Gasteiger partial charge is 0.494 e. The van der Waals surface area contributed by atoms with Crippen molar-refractivity contribution >= 4 is 5.97 Å². The molecule has 202 valence electrons. The summed E-state index contributed by atoms with van der Waals surface area (Å²) in [6.45, 7) is 7.37. The van der Waals surface area contributed by atoms with Gasteiger partial charge in [-0.3, -0.25) is 0 Å². The normalized spacial score (nSPS) is 12.0. The van der Waals surface area contributed by atoms with Crippen LogP contribution >= 0.6 is 0 Å². The summed E-state index contributed by atoms with van der Waals surface area (Å²) in [5, 5.41) is 0. The van der Waals surface area contributed by atoms with Gasteiger partial charge in [0, 0.05) is 18.0 Å². The topological polar surface area (TPSA) is 61.3 Å². The Labute approximate surface area is 228 Å². The van der Waals surface area contributed by atoms with E-state index in [2.05, 4.69) is 42.9 Å². The first-order chi connectivity index (χ1) is 18.6. The number of allylic oxidation sites excluding steroid dienone is 2. The second kappa shape index (κ2) is 16.4. The van der Waals surface area contributed by atoms with E-state index >= 15 is 0 Å². The van der Waals surface area contributed by atoms with E-state index in [-0.39, 0.29) is 0 Å². The number of carbonyl (C=O) groups is 1. The van der Waals surface area contributed by atoms with Gasteiger partial charge in [0.2, 0.25) is 0 Å². The number of hydrogen-bond acceptors (Lipinski definition) is 5. The van der Waals surface area contributed by atoms with Gasteiger partial charge >= 0.3 is 5.97 Å². The molecule has 1 aromatic heterocycles. The predicted octanol–water partition coefficient (Wildman–Crippen LogP) is 8.64. The molecule has 3 aromatic rings. The number of hydrogen-bond donors (Lipinski definition) is 0. The van der Waals surface area contributed by atoms with Crippen LogP contribution in [0, 0.1) is 5.92 Å². The maximum Gasteiger partial charge on any atom is 0.343 e. The Bertz CT molecular complexity index is 1110. The zero-order chi connectivity index (χ0) is 27.0. The van der Waals surface area contributed by atoms with Crippen LogP contribution in [0.1, 0.15) is 88.1 Å². The van der Waals surface area contributed by atoms with E-state index in [4.69, 9.17) is 9.47 Å². The fourth-order valence-electron chi connectivity index (χ4n) is 4.02. The Kier molecular flexibility index (Phi) is 12.5. The molecule has 0 bridgehead atoms. The average molecular weight is 515 g/mol. The van der Waals surface area contributed by atoms with Crippen molar-refractivity contribution in [1.29, 1.82) is 0 Å². The number of carbonyl (C=O) groups excluding carboxylic acids is 1. The van der Waals surface area contributed by atoms with Crippen molar-refractivity contribution in [3.63, 3.8) is 0 Å². The number of unbranched alkanes of at least 4 members (excludes halogenated alkanes) is 3. The van der Waals surface area contributed by atoms with Gasteiger partial charge in [-0.15, -0.1) is 0 Å². The molecule has 0 spiro atoms. The Hall–Kier alpha value is -3.47. The van der Waals surface area contributed by atoms with E-state index in [0.29, 0.717) is 23.7 Å². The highest BCUT2D eigenvalue weighted by Crippen LogP contribution is 2.21. The molecule has 5 nitrogen and oxygen atoms in total. The highest BCUT2D eigenvalue weighted by Gasteiger charge is 2.10. The SMILES string of the molecule is CC/C=C\CCCCOc1ccc(C(=O)Oc2ccc(-c3ncc(CCCC[C@@H](C)CC)cn3)cc2)cc1. The maximum absolute atomic E-state index is 12.6. The summed E-state index contributed by atoms with van der Waals surface area (Å²) < 4.78 is 11.3. The molecule has 1 atom stereocenters. The second-order valence-electron chi connectivity index (χ2n) is 9.84. The molecular weight excluding hydrogens is 472 g/mol. The lowest BCUT2D eigenvalue weighted by molar-refractivity contribution is 0.0734. The maximum atomic E-state index is 12.6. The minimum atomic E-state index is -0.402. The molecule has 0 radical (unpaired) electrons. The van der Waals surface area contributed by atoms with Gasteiger partial charge in [0.05, 0.1) is 12.2 Å². The smallest absolute Gasteiger partial charge is 0.343 e. The monoisotopic (exact) mass is 514 g/mol. The van der Waals surface area contributed by atoms with Gasteiger partial charge in [-0.1, -0.05) is 52.2 Å². The molecule has 0 saturated carbocycles. The summed E-state index contributed by atoms with van der Waals surface area (Å²) in [4.78, 5) is 21.6. The van der Waals surface area contributed by atoms with Crippen molar-refractivity contribution in [3.8, 4) is 22.9 Å². The van der Waals surface area contributed by atoms with Crippen molar-refractivity contribution in [3.05, 3.63) is 84.2 Å². The van der Waals surface area contributed by atoms with Crippen LogP contribution in [0.4, 0.5) is 0 Å². The molecule has 2 aromatic carbocycles. The van der Waals surface area contributed by atoms with Gasteiger partial charge in [0.25, 0.3) is 0 Å². The molecule has 5 heteroatoms. The molecule has 0 unspecified atom stereocenters. The third-order valence-corrected chi connectivity index (χ3v) is 6.66. The number of ether oxygens (including phenoxy) is 2. The zero-order valence-electron chi connectivity index (χ0n) is 23.2. The molecule has 0 amide bonds. The Morgan fingerprint density at radius 1 is 0.868 bits per heavy atom. The van der Waals surface area contributed by atoms with Crippen LogP contribution in [0.15, 0.2) is 73.1 Å². The first-order valence-corrected chi connectivity index (χ1v) is 14.1. The summed E-state index contributed by atoms with van der Waals surface area (Å²) in [5.41, 5.74) is 2.53. The molecule has 0 aliphatic rings. The number of esters is 1. The molecule has 0 aliphatic heterocycles. The Balaban J connectivity index is 1.43. The molecule has 0 saturated heterocycles. The van der Waals surface area contributed by atoms with E-state index in [1.807, 2.05) is 36.7 Å². The summed E-state index contributed by atoms with van der Waals surface area (Å²) in [5.74, 6) is 2.30. The molecule has 0 N–H and O–H groups in total. The van der Waals surface area contributed by atoms with Crippen LogP contribution in [0.2, 0.25) is 0 Å². The first-order valence-electron chi connectivity index (χ1n) is 14.1. The minimum Gasteiger partial charge on any atom is -0.494 e. The third kappa shape index (κ3) is 10.1. The van der Waals surface area contributed by atoms with E-state index in [0.717, 1.165) is 49.3 Å². The van der Waals surface area contributed by atoms with Gasteiger partial charge in [-0.05, 0) is 98.5 Å². The molecule has 0 fully saturated rings. The lowest BCUT2D eigenvalue weighted by atomic mass is 10.00. The highest BCUT2D eigenvalue weighted by molar-refractivity contribution is 5.91. The first kappa shape index (κ1) is 29.1. The van der Waals surface area contributed by atoms with Gasteiger partial charge in [0.1, 0.15) is 11.5 Å². The van der Waals surface area contributed by atoms with Crippen LogP contribution < -0.4 is 9.47 Å². The number of aryl methyl sites for hydroxylation is 1. The van der Waals surface area contributed by atoms with Crippen molar-refractivity contribution in [2.24, 2.45) is 5.92 Å². The Morgan fingerprint density at radius 2 is 1.58 bits per heavy atom. The number of aromatic nitrogens is 2. The Morgan fingerprint density at radius 3 is 2.26 bits per heavy atom. The molecule has 38 heavy (non-hydrogen) atoms. The zero-order valence-corrected chi connectivity index (χ0v) is 23.2. The quantitative estimate of drug-likeness (QED) is 0.0828. The average Bonchev–Trinajstić information content (AvgIpc) is 2.96. The van der Waals surface area contributed by atoms with Gasteiger partial charge in [-0.25, -0.2) is 14.8 Å². The molecular formula is C33H42N2O3. The molecule has 1 heterocycles. The fraction of sp³-hybridized carbons (Fsp3) is 0.424. The highest BCUT2D eigenvalue weighted by atomic mass is 16.5. The number of benzene rings is 2. The van der Waals surface area contributed by atoms with Crippen molar-refractivity contribution in [2.75, 3.05) is 6.61 Å². The summed E-state index contributed by atoms with van der Waals surface area (Å²) in [6, 6.07) is 14.4. The predicted molar refractivity (Wildman–Crippen MR) is 155 cm³/mol. The lowest BCUT2D eigenvalue weighted by Crippen LogP contribution is -2.08. The van der Waals surface area contributed by atoms with Crippen LogP contribution in [-0.2, 0) is 6.42 Å². The van der Waals surface area contributed by atoms with Crippen LogP contribution in [0.25, 0.3) is 11.4 Å². The van der Waals surface area contributed by atoms with E-state index < -0.39 is 5.97 Å². The summed E-state index contributed by atoms with van der Waals surface area (Å²) >= 11 is 0. The van der Waals surface area contributed by atoms with Crippen LogP contribution in [0.3, 0.4) is 0 Å². The third-order valence-electron chi connectivity index (χ3n) is 6.66. The molecule has 0 aliphatic carbocycles. The standard InChI is InChI=1S/C33H42N2O3/c1-4-6-7-8-9-12-23-37-30-19-17-29(18-20-30)33(36)38-31-21-15-28(16-22-31)32-34-24-27(25-35-32)14-11-10-13-26(3)5-2/h6-7,15-22,24-26H,4-5,8-14,23H2,1-3H3/b7-6-/t26-/m0/s1. The van der Waals surface area contributed by atoms with E-state index in [1.165, 1.54) is 31.2 Å². The lowest BCUT2D eigenvalue weighted by Gasteiger charge is -2.08. The van der Waals surface area contributed by atoms with Gasteiger partial charge in [-0.2, -0.15) is 0 Å². The van der Waals surface area contributed by atoms with Crippen molar-refractivity contribution < 1.29 is 14.3 Å². The minimum absolute atomic E-state index is 0.402. The molecule has 3 rings (SSSR count). The van der Waals surface area contributed by atoms with Crippen molar-refractivity contribution in [1.82, 2.24) is 9.97 Å². The van der Waals surface area contributed by atoms with E-state index in [1.54, 1.807) is 24.3 Å². The number of nitrogens with zero attached hydrogens (tertiary/aromatic N) is 2. The second-order valence-corrected chi connectivity index (χ2v) is 9.84. The summed E-state index contributed by atoms with van der Waals surface area (Å²) in [6.07, 6.45) is 18.5. The van der Waals surface area contributed by atoms with Crippen molar-refractivity contribution in [2.45, 2.75) is 78.6 Å². The fourth-order valence-corrected chi connectivity index (χ4v) is 4.02. The van der Waals surface area contributed by atoms with Crippen LogP contribution in [0.5, 0.6) is 11.5 Å². The van der Waals surface area contributed by atoms with E-state index in [9.17, 15) is 4.79 Å². The summed E-state index contributed by atoms with van der Waals surface area (Å²) in [7, 11) is 0. The van der Waals surface area contributed by atoms with Gasteiger partial charge in [0.15, 0.2) is 5.82 Å². The number of rotatable bonds is 16. The van der Waals surface area contributed by atoms with Gasteiger partial charge < -0.3 is 9.47 Å². The van der Waals surface area contributed by atoms with Crippen LogP contribution in [-0.4, -0.2) is 22.5 Å².